The van der Waals surface area contributed by atoms with E-state index in [1.165, 1.54) is 0 Å². The number of benzene rings is 1. The molecule has 0 atom stereocenters. The number of phenolic OH excluding ortho intramolecular Hbond substituents is 1. The lowest BCUT2D eigenvalue weighted by molar-refractivity contribution is -0.146. The second-order valence-electron chi connectivity index (χ2n) is 4.31. The number of esters is 2. The van der Waals surface area contributed by atoms with E-state index in [-0.39, 0.29) is 26.4 Å². The first-order valence-electron chi connectivity index (χ1n) is 8.55. The van der Waals surface area contributed by atoms with E-state index in [9.17, 15) is 9.59 Å². The highest BCUT2D eigenvalue weighted by Gasteiger charge is 1.97. The minimum Gasteiger partial charge on any atom is -0.508 e. The summed E-state index contributed by atoms with van der Waals surface area (Å²) in [6.07, 6.45) is 2.07. The van der Waals surface area contributed by atoms with Crippen LogP contribution in [0.5, 0.6) is 5.75 Å². The minimum atomic E-state index is -0.537. The molecule has 0 aliphatic heterocycles. The molecule has 0 heterocycles. The van der Waals surface area contributed by atoms with E-state index in [2.05, 4.69) is 22.6 Å². The molecule has 160 valence electrons. The molecule has 0 unspecified atom stereocenters. The van der Waals surface area contributed by atoms with Gasteiger partial charge < -0.3 is 29.5 Å². The van der Waals surface area contributed by atoms with Crippen molar-refractivity contribution in [1.29, 1.82) is 0 Å². The van der Waals surface area contributed by atoms with Crippen LogP contribution in [0.1, 0.15) is 13.8 Å². The summed E-state index contributed by atoms with van der Waals surface area (Å²) in [6, 6.07) is 8.71. The van der Waals surface area contributed by atoms with Crippen LogP contribution in [0.3, 0.4) is 0 Å². The summed E-state index contributed by atoms with van der Waals surface area (Å²) in [5, 5.41) is 23.9. The molecule has 3 N–H and O–H groups in total. The Kier molecular flexibility index (Phi) is 28.5. The van der Waals surface area contributed by atoms with Gasteiger partial charge in [-0.2, -0.15) is 0 Å². The fraction of sp³-hybridized carbons (Fsp3) is 0.400. The predicted molar refractivity (Wildman–Crippen MR) is 107 cm³/mol. The van der Waals surface area contributed by atoms with E-state index in [0.29, 0.717) is 5.75 Å². The molecule has 0 aliphatic carbocycles. The lowest BCUT2D eigenvalue weighted by Gasteiger charge is -2.01. The van der Waals surface area contributed by atoms with Crippen LogP contribution in [-0.4, -0.2) is 66.9 Å². The number of hydrogen-bond acceptors (Lipinski definition) is 8. The molecular formula is C20H32O8. The van der Waals surface area contributed by atoms with Crippen LogP contribution in [0.2, 0.25) is 0 Å². The van der Waals surface area contributed by atoms with Gasteiger partial charge in [-0.1, -0.05) is 31.4 Å². The molecular weight excluding hydrogens is 368 g/mol. The summed E-state index contributed by atoms with van der Waals surface area (Å²) in [5.74, 6) is -0.753. The van der Waals surface area contributed by atoms with Crippen molar-refractivity contribution in [3.63, 3.8) is 0 Å². The van der Waals surface area contributed by atoms with Gasteiger partial charge in [-0.05, 0) is 26.0 Å². The summed E-state index contributed by atoms with van der Waals surface area (Å²) < 4.78 is 13.9. The van der Waals surface area contributed by atoms with Crippen molar-refractivity contribution in [2.75, 3.05) is 39.6 Å². The Morgan fingerprint density at radius 1 is 0.893 bits per heavy atom. The topological polar surface area (TPSA) is 123 Å². The first-order valence-corrected chi connectivity index (χ1v) is 8.55. The molecule has 1 aromatic carbocycles. The second-order valence-corrected chi connectivity index (χ2v) is 4.31. The Labute approximate surface area is 166 Å². The normalized spacial score (nSPS) is 8.29. The standard InChI is InChI=1S/C8H10O4.C6H6O.C4H10O.C2H6O2/c1-3-7(9)11-5-6-12-8(10)4-2;7-6-4-2-1-3-5-6;1-3-5-4-2;3-1-2-4/h3-4H,1-2,5-6H2;1-5,7H;3-4H2,1-2H3;3-4H,1-2H2. The highest BCUT2D eigenvalue weighted by Crippen LogP contribution is 2.02. The fourth-order valence-corrected chi connectivity index (χ4v) is 1.03. The maximum atomic E-state index is 10.4. The fourth-order valence-electron chi connectivity index (χ4n) is 1.03. The van der Waals surface area contributed by atoms with Crippen LogP contribution in [0.15, 0.2) is 55.6 Å². The molecule has 0 aromatic heterocycles. The highest BCUT2D eigenvalue weighted by molar-refractivity contribution is 5.81. The van der Waals surface area contributed by atoms with Gasteiger partial charge in [-0.25, -0.2) is 9.59 Å². The van der Waals surface area contributed by atoms with Crippen LogP contribution < -0.4 is 0 Å². The molecule has 1 aromatic rings. The molecule has 0 aliphatic rings. The van der Waals surface area contributed by atoms with E-state index < -0.39 is 11.9 Å². The number of carbonyl (C=O) groups is 2. The average molecular weight is 400 g/mol. The quantitative estimate of drug-likeness (QED) is 0.343. The minimum absolute atomic E-state index is 0.0322. The van der Waals surface area contributed by atoms with E-state index in [0.717, 1.165) is 25.4 Å². The molecule has 0 saturated carbocycles. The van der Waals surface area contributed by atoms with Gasteiger partial charge in [0.1, 0.15) is 19.0 Å². The first-order chi connectivity index (χ1) is 13.4. The van der Waals surface area contributed by atoms with Crippen molar-refractivity contribution in [3.05, 3.63) is 55.6 Å². The van der Waals surface area contributed by atoms with Crippen molar-refractivity contribution in [2.45, 2.75) is 13.8 Å². The second kappa shape index (κ2) is 26.5. The van der Waals surface area contributed by atoms with Crippen LogP contribution in [0.4, 0.5) is 0 Å². The van der Waals surface area contributed by atoms with Gasteiger partial charge in [-0.15, -0.1) is 0 Å². The molecule has 0 spiro atoms. The number of rotatable bonds is 8. The molecule has 0 amide bonds. The van der Waals surface area contributed by atoms with Gasteiger partial charge in [0.05, 0.1) is 13.2 Å². The number of ether oxygens (including phenoxy) is 3. The third-order valence-electron chi connectivity index (χ3n) is 2.17. The zero-order valence-corrected chi connectivity index (χ0v) is 16.6. The van der Waals surface area contributed by atoms with Gasteiger partial charge in [0.25, 0.3) is 0 Å². The summed E-state index contributed by atoms with van der Waals surface area (Å²) in [5.41, 5.74) is 0. The largest absolute Gasteiger partial charge is 0.508 e. The van der Waals surface area contributed by atoms with Gasteiger partial charge in [0, 0.05) is 25.4 Å². The third kappa shape index (κ3) is 31.1. The predicted octanol–water partition coefficient (Wildman–Crippen LogP) is 1.85. The number of aromatic hydroxyl groups is 1. The molecule has 1 rings (SSSR count). The maximum absolute atomic E-state index is 10.4. The van der Waals surface area contributed by atoms with Crippen molar-refractivity contribution >= 4 is 11.9 Å². The number of aliphatic hydroxyl groups is 2. The number of carbonyl (C=O) groups excluding carboxylic acids is 2. The Balaban J connectivity index is -0.000000330. The van der Waals surface area contributed by atoms with Gasteiger partial charge >= 0.3 is 11.9 Å². The summed E-state index contributed by atoms with van der Waals surface area (Å²) in [7, 11) is 0. The number of para-hydroxylation sites is 1. The van der Waals surface area contributed by atoms with Crippen molar-refractivity contribution in [3.8, 4) is 5.75 Å². The van der Waals surface area contributed by atoms with Crippen LogP contribution in [0.25, 0.3) is 0 Å². The van der Waals surface area contributed by atoms with Crippen LogP contribution in [0, 0.1) is 0 Å². The van der Waals surface area contributed by atoms with Gasteiger partial charge in [0.2, 0.25) is 0 Å². The molecule has 8 nitrogen and oxygen atoms in total. The molecule has 8 heteroatoms. The monoisotopic (exact) mass is 400 g/mol. The van der Waals surface area contributed by atoms with E-state index in [1.807, 2.05) is 19.9 Å². The van der Waals surface area contributed by atoms with E-state index >= 15 is 0 Å². The Hall–Kier alpha value is -2.68. The smallest absolute Gasteiger partial charge is 0.330 e. The summed E-state index contributed by atoms with van der Waals surface area (Å²) in [4.78, 5) is 20.9. The lowest BCUT2D eigenvalue weighted by Crippen LogP contribution is -2.10. The van der Waals surface area contributed by atoms with Gasteiger partial charge in [0.15, 0.2) is 0 Å². The zero-order chi connectivity index (χ0) is 22.0. The Bertz CT molecular complexity index is 462. The van der Waals surface area contributed by atoms with E-state index in [4.69, 9.17) is 20.1 Å². The Morgan fingerprint density at radius 3 is 1.46 bits per heavy atom. The highest BCUT2D eigenvalue weighted by atomic mass is 16.6. The van der Waals surface area contributed by atoms with Gasteiger partial charge in [-0.3, -0.25) is 0 Å². The van der Waals surface area contributed by atoms with Crippen molar-refractivity contribution < 1.29 is 39.1 Å². The molecule has 0 saturated heterocycles. The van der Waals surface area contributed by atoms with Crippen molar-refractivity contribution in [1.82, 2.24) is 0 Å². The average Bonchev–Trinajstić information content (AvgIpc) is 2.73. The molecule has 0 bridgehead atoms. The van der Waals surface area contributed by atoms with E-state index in [1.54, 1.807) is 24.3 Å². The van der Waals surface area contributed by atoms with Crippen LogP contribution >= 0.6 is 0 Å². The maximum Gasteiger partial charge on any atom is 0.330 e. The Morgan fingerprint density at radius 2 is 1.29 bits per heavy atom. The lowest BCUT2D eigenvalue weighted by atomic mass is 10.3. The van der Waals surface area contributed by atoms with Crippen molar-refractivity contribution in [2.24, 2.45) is 0 Å². The summed E-state index contributed by atoms with van der Waals surface area (Å²) >= 11 is 0. The zero-order valence-electron chi connectivity index (χ0n) is 16.6. The first kappa shape index (κ1) is 30.1. The summed E-state index contributed by atoms with van der Waals surface area (Å²) in [6.45, 7) is 11.9. The molecule has 0 radical (unpaired) electrons. The SMILES string of the molecule is C=CC(=O)OCCOC(=O)C=C.CCOCC.OCCO.Oc1ccccc1. The number of aliphatic hydroxyl groups excluding tert-OH is 2. The number of hydrogen-bond donors (Lipinski definition) is 3. The number of phenols is 1. The third-order valence-corrected chi connectivity index (χ3v) is 2.17. The molecule has 0 fully saturated rings. The molecule has 28 heavy (non-hydrogen) atoms. The van der Waals surface area contributed by atoms with Crippen LogP contribution in [-0.2, 0) is 23.8 Å².